The Balaban J connectivity index is 2.50. The molecular weight excluding hydrogens is 234 g/mol. The minimum atomic E-state index is -0.833. The zero-order valence-corrected chi connectivity index (χ0v) is 10.2. The maximum Gasteiger partial charge on any atom is 0.329 e. The highest BCUT2D eigenvalue weighted by molar-refractivity contribution is 6.35. The minimum absolute atomic E-state index is 0.0998. The fraction of sp³-hybridized carbons (Fsp3) is 0.250. The molecule has 3 N–H and O–H groups in total. The Kier molecular flexibility index (Phi) is 4.86. The van der Waals surface area contributed by atoms with Gasteiger partial charge in [0.15, 0.2) is 0 Å². The molecule has 1 aromatic rings. The molecule has 1 rings (SSSR count). The molecule has 96 valence electrons. The first-order valence-electron chi connectivity index (χ1n) is 5.42. The van der Waals surface area contributed by atoms with Gasteiger partial charge >= 0.3 is 11.8 Å². The van der Waals surface area contributed by atoms with Gasteiger partial charge in [-0.3, -0.25) is 9.59 Å². The summed E-state index contributed by atoms with van der Waals surface area (Å²) in [7, 11) is 0. The van der Waals surface area contributed by atoms with Crippen molar-refractivity contribution in [2.24, 2.45) is 5.10 Å². The third-order valence-electron chi connectivity index (χ3n) is 1.88. The number of aromatic hydroxyl groups is 1. The highest BCUT2D eigenvalue weighted by Crippen LogP contribution is 2.08. The van der Waals surface area contributed by atoms with Gasteiger partial charge in [0.05, 0.1) is 6.21 Å². The van der Waals surface area contributed by atoms with Crippen LogP contribution in [0.3, 0.4) is 0 Å². The highest BCUT2D eigenvalue weighted by Gasteiger charge is 2.12. The molecule has 0 aromatic heterocycles. The van der Waals surface area contributed by atoms with Crippen molar-refractivity contribution in [3.05, 3.63) is 29.8 Å². The Hall–Kier alpha value is -2.37. The number of carbonyl (C=O) groups is 2. The lowest BCUT2D eigenvalue weighted by molar-refractivity contribution is -0.139. The Morgan fingerprint density at radius 1 is 1.33 bits per heavy atom. The average Bonchev–Trinajstić information content (AvgIpc) is 2.28. The van der Waals surface area contributed by atoms with Crippen LogP contribution in [0.25, 0.3) is 0 Å². The lowest BCUT2D eigenvalue weighted by atomic mass is 10.2. The van der Waals surface area contributed by atoms with Crippen molar-refractivity contribution >= 4 is 18.0 Å². The molecule has 6 nitrogen and oxygen atoms in total. The van der Waals surface area contributed by atoms with Crippen LogP contribution < -0.4 is 10.7 Å². The van der Waals surface area contributed by atoms with Crippen molar-refractivity contribution in [2.75, 3.05) is 0 Å². The van der Waals surface area contributed by atoms with E-state index in [4.69, 9.17) is 0 Å². The van der Waals surface area contributed by atoms with Gasteiger partial charge in [-0.05, 0) is 31.5 Å². The average molecular weight is 249 g/mol. The summed E-state index contributed by atoms with van der Waals surface area (Å²) in [5, 5.41) is 15.2. The maximum atomic E-state index is 11.2. The summed E-state index contributed by atoms with van der Waals surface area (Å²) >= 11 is 0. The van der Waals surface area contributed by atoms with Gasteiger partial charge in [0.25, 0.3) is 0 Å². The van der Waals surface area contributed by atoms with Gasteiger partial charge in [0, 0.05) is 6.04 Å². The fourth-order valence-corrected chi connectivity index (χ4v) is 1.15. The molecule has 1 aromatic carbocycles. The van der Waals surface area contributed by atoms with Gasteiger partial charge < -0.3 is 10.4 Å². The number of nitrogens with one attached hydrogen (secondary N) is 2. The molecule has 0 heterocycles. The summed E-state index contributed by atoms with van der Waals surface area (Å²) in [6, 6.07) is 6.22. The van der Waals surface area contributed by atoms with Crippen LogP contribution in [0, 0.1) is 0 Å². The molecule has 0 saturated heterocycles. The number of hydrogen-bond acceptors (Lipinski definition) is 4. The quantitative estimate of drug-likeness (QED) is 0.410. The lowest BCUT2D eigenvalue weighted by Gasteiger charge is -2.05. The molecule has 0 aliphatic heterocycles. The second-order valence-electron chi connectivity index (χ2n) is 3.92. The van der Waals surface area contributed by atoms with Gasteiger partial charge in [-0.1, -0.05) is 12.1 Å². The van der Waals surface area contributed by atoms with E-state index in [0.717, 1.165) is 0 Å². The molecule has 0 atom stereocenters. The third-order valence-corrected chi connectivity index (χ3v) is 1.88. The smallest absolute Gasteiger partial charge is 0.329 e. The third kappa shape index (κ3) is 4.65. The summed E-state index contributed by atoms with van der Waals surface area (Å²) in [6.07, 6.45) is 1.33. The SMILES string of the molecule is CC(C)NC(=O)C(=O)N/N=C/c1cccc(O)c1. The monoisotopic (exact) mass is 249 g/mol. The van der Waals surface area contributed by atoms with E-state index < -0.39 is 11.8 Å². The van der Waals surface area contributed by atoms with Crippen molar-refractivity contribution in [1.82, 2.24) is 10.7 Å². The van der Waals surface area contributed by atoms with E-state index in [1.54, 1.807) is 26.0 Å². The topological polar surface area (TPSA) is 90.8 Å². The molecule has 6 heteroatoms. The van der Waals surface area contributed by atoms with Crippen molar-refractivity contribution in [1.29, 1.82) is 0 Å². The normalized spacial score (nSPS) is 10.6. The number of hydrogen-bond donors (Lipinski definition) is 3. The molecule has 0 unspecified atom stereocenters. The molecule has 0 aliphatic carbocycles. The van der Waals surface area contributed by atoms with Crippen LogP contribution >= 0.6 is 0 Å². The van der Waals surface area contributed by atoms with Crippen molar-refractivity contribution < 1.29 is 14.7 Å². The molecule has 18 heavy (non-hydrogen) atoms. The molecule has 0 saturated carbocycles. The van der Waals surface area contributed by atoms with Gasteiger partial charge in [-0.15, -0.1) is 0 Å². The van der Waals surface area contributed by atoms with E-state index >= 15 is 0 Å². The second kappa shape index (κ2) is 6.39. The van der Waals surface area contributed by atoms with Crippen LogP contribution in [0.2, 0.25) is 0 Å². The zero-order valence-electron chi connectivity index (χ0n) is 10.2. The number of nitrogens with zero attached hydrogens (tertiary/aromatic N) is 1. The van der Waals surface area contributed by atoms with E-state index in [9.17, 15) is 14.7 Å². The van der Waals surface area contributed by atoms with Gasteiger partial charge in [-0.25, -0.2) is 5.43 Å². The van der Waals surface area contributed by atoms with Crippen molar-refractivity contribution in [2.45, 2.75) is 19.9 Å². The second-order valence-corrected chi connectivity index (χ2v) is 3.92. The Bertz CT molecular complexity index is 469. The van der Waals surface area contributed by atoms with Crippen LogP contribution in [0.15, 0.2) is 29.4 Å². The minimum Gasteiger partial charge on any atom is -0.508 e. The summed E-state index contributed by atoms with van der Waals surface area (Å²) in [5.41, 5.74) is 2.70. The number of amides is 2. The number of carbonyl (C=O) groups excluding carboxylic acids is 2. The molecule has 0 spiro atoms. The molecule has 2 amide bonds. The lowest BCUT2D eigenvalue weighted by Crippen LogP contribution is -2.41. The van der Waals surface area contributed by atoms with E-state index in [2.05, 4.69) is 15.8 Å². The van der Waals surface area contributed by atoms with Crippen molar-refractivity contribution in [3.8, 4) is 5.75 Å². The summed E-state index contributed by atoms with van der Waals surface area (Å²) in [6.45, 7) is 3.50. The first kappa shape index (κ1) is 13.7. The van der Waals surface area contributed by atoms with Crippen LogP contribution in [0.4, 0.5) is 0 Å². The van der Waals surface area contributed by atoms with Gasteiger partial charge in [-0.2, -0.15) is 5.10 Å². The fourth-order valence-electron chi connectivity index (χ4n) is 1.15. The zero-order chi connectivity index (χ0) is 13.5. The Labute approximate surface area is 105 Å². The van der Waals surface area contributed by atoms with Crippen LogP contribution in [0.5, 0.6) is 5.75 Å². The van der Waals surface area contributed by atoms with E-state index in [-0.39, 0.29) is 11.8 Å². The predicted octanol–water partition coefficient (Wildman–Crippen LogP) is 0.367. The van der Waals surface area contributed by atoms with Crippen LogP contribution in [-0.2, 0) is 9.59 Å². The van der Waals surface area contributed by atoms with E-state index in [1.807, 2.05) is 0 Å². The Morgan fingerprint density at radius 3 is 2.67 bits per heavy atom. The molecule has 0 radical (unpaired) electrons. The maximum absolute atomic E-state index is 11.2. The first-order valence-corrected chi connectivity index (χ1v) is 5.42. The Morgan fingerprint density at radius 2 is 2.06 bits per heavy atom. The molecular formula is C12H15N3O3. The number of hydrazone groups is 1. The van der Waals surface area contributed by atoms with Crippen molar-refractivity contribution in [3.63, 3.8) is 0 Å². The number of rotatable bonds is 3. The summed E-state index contributed by atoms with van der Waals surface area (Å²) in [4.78, 5) is 22.5. The molecule has 0 bridgehead atoms. The summed E-state index contributed by atoms with van der Waals surface area (Å²) in [5.74, 6) is -1.47. The number of phenolic OH excluding ortho intramolecular Hbond substituents is 1. The summed E-state index contributed by atoms with van der Waals surface area (Å²) < 4.78 is 0. The van der Waals surface area contributed by atoms with Crippen LogP contribution in [0.1, 0.15) is 19.4 Å². The molecule has 0 aliphatic rings. The standard InChI is InChI=1S/C12H15N3O3/c1-8(2)14-11(17)12(18)15-13-7-9-4-3-5-10(16)6-9/h3-8,16H,1-2H3,(H,14,17)(H,15,18)/b13-7+. The van der Waals surface area contributed by atoms with Crippen LogP contribution in [-0.4, -0.2) is 29.2 Å². The first-order chi connectivity index (χ1) is 8.49. The molecule has 0 fully saturated rings. The number of benzene rings is 1. The van der Waals surface area contributed by atoms with E-state index in [0.29, 0.717) is 5.56 Å². The van der Waals surface area contributed by atoms with Gasteiger partial charge in [0.1, 0.15) is 5.75 Å². The van der Waals surface area contributed by atoms with E-state index in [1.165, 1.54) is 18.3 Å². The van der Waals surface area contributed by atoms with Gasteiger partial charge in [0.2, 0.25) is 0 Å². The predicted molar refractivity (Wildman–Crippen MR) is 67.1 cm³/mol. The largest absolute Gasteiger partial charge is 0.508 e. The highest BCUT2D eigenvalue weighted by atomic mass is 16.3. The number of phenols is 1.